The zero-order chi connectivity index (χ0) is 17.0. The first kappa shape index (κ1) is 17.3. The molecule has 1 aliphatic carbocycles. The molecule has 0 atom stereocenters. The van der Waals surface area contributed by atoms with Crippen molar-refractivity contribution in [1.29, 1.82) is 0 Å². The topological polar surface area (TPSA) is 75.6 Å². The molecule has 126 valence electrons. The van der Waals surface area contributed by atoms with Crippen molar-refractivity contribution < 1.29 is 19.4 Å². The quantitative estimate of drug-likeness (QED) is 0.875. The lowest BCUT2D eigenvalue weighted by Gasteiger charge is -2.26. The van der Waals surface area contributed by atoms with E-state index >= 15 is 0 Å². The number of carboxylic acids is 1. The van der Waals surface area contributed by atoms with Crippen molar-refractivity contribution in [3.63, 3.8) is 0 Å². The first-order valence-corrected chi connectivity index (χ1v) is 8.09. The number of carboxylic acid groups (broad SMARTS) is 1. The second-order valence-corrected chi connectivity index (χ2v) is 6.47. The Hall–Kier alpha value is -2.04. The van der Waals surface area contributed by atoms with Crippen LogP contribution in [0.25, 0.3) is 0 Å². The molecule has 1 fully saturated rings. The Bertz CT molecular complexity index is 566. The molecular formula is C18H25NO4. The highest BCUT2D eigenvalue weighted by Crippen LogP contribution is 2.25. The fourth-order valence-corrected chi connectivity index (χ4v) is 3.29. The number of rotatable bonds is 5. The number of nitrogens with one attached hydrogen (secondary N) is 1. The summed E-state index contributed by atoms with van der Waals surface area (Å²) < 4.78 is 5.68. The molecule has 23 heavy (non-hydrogen) atoms. The standard InChI is InChI=1S/C18H25NO4/c1-11-8-12(2)17(13(3)9-11)23-10-16(20)19-15-6-4-14(5-7-15)18(21)22/h8-9,14-15H,4-7,10H2,1-3H3,(H,19,20)(H,21,22). The lowest BCUT2D eigenvalue weighted by molar-refractivity contribution is -0.142. The van der Waals surface area contributed by atoms with Crippen LogP contribution < -0.4 is 10.1 Å². The smallest absolute Gasteiger partial charge is 0.306 e. The second-order valence-electron chi connectivity index (χ2n) is 6.47. The van der Waals surface area contributed by atoms with Gasteiger partial charge in [0.05, 0.1) is 5.92 Å². The van der Waals surface area contributed by atoms with Gasteiger partial charge >= 0.3 is 5.97 Å². The maximum absolute atomic E-state index is 12.0. The van der Waals surface area contributed by atoms with Gasteiger partial charge in [0.2, 0.25) is 0 Å². The minimum Gasteiger partial charge on any atom is -0.483 e. The van der Waals surface area contributed by atoms with Gasteiger partial charge in [0.25, 0.3) is 5.91 Å². The summed E-state index contributed by atoms with van der Waals surface area (Å²) in [6, 6.07) is 4.13. The second kappa shape index (κ2) is 7.49. The zero-order valence-corrected chi connectivity index (χ0v) is 14.0. The average molecular weight is 319 g/mol. The third-order valence-corrected chi connectivity index (χ3v) is 4.39. The molecular weight excluding hydrogens is 294 g/mol. The Morgan fingerprint density at radius 1 is 1.13 bits per heavy atom. The van der Waals surface area contributed by atoms with Crippen LogP contribution >= 0.6 is 0 Å². The van der Waals surface area contributed by atoms with E-state index in [1.54, 1.807) is 0 Å². The van der Waals surface area contributed by atoms with Gasteiger partial charge in [0.15, 0.2) is 6.61 Å². The number of hydrogen-bond acceptors (Lipinski definition) is 3. The lowest BCUT2D eigenvalue weighted by atomic mass is 9.86. The SMILES string of the molecule is Cc1cc(C)c(OCC(=O)NC2CCC(C(=O)O)CC2)c(C)c1. The zero-order valence-electron chi connectivity index (χ0n) is 14.0. The van der Waals surface area contributed by atoms with Crippen molar-refractivity contribution >= 4 is 11.9 Å². The lowest BCUT2D eigenvalue weighted by Crippen LogP contribution is -2.41. The van der Waals surface area contributed by atoms with Gasteiger partial charge in [-0.1, -0.05) is 17.7 Å². The fraction of sp³-hybridized carbons (Fsp3) is 0.556. The van der Waals surface area contributed by atoms with Crippen molar-refractivity contribution in [1.82, 2.24) is 5.32 Å². The summed E-state index contributed by atoms with van der Waals surface area (Å²) in [7, 11) is 0. The number of ether oxygens (including phenoxy) is 1. The van der Waals surface area contributed by atoms with E-state index in [1.807, 2.05) is 32.9 Å². The Morgan fingerprint density at radius 2 is 1.70 bits per heavy atom. The van der Waals surface area contributed by atoms with E-state index in [1.165, 1.54) is 5.56 Å². The molecule has 5 nitrogen and oxygen atoms in total. The highest BCUT2D eigenvalue weighted by molar-refractivity contribution is 5.78. The van der Waals surface area contributed by atoms with Gasteiger partial charge in [-0.25, -0.2) is 0 Å². The molecule has 0 heterocycles. The van der Waals surface area contributed by atoms with Crippen LogP contribution in [0.1, 0.15) is 42.4 Å². The molecule has 0 aliphatic heterocycles. The molecule has 0 bridgehead atoms. The molecule has 0 saturated heterocycles. The first-order valence-electron chi connectivity index (χ1n) is 8.09. The number of amides is 1. The van der Waals surface area contributed by atoms with Crippen LogP contribution in [-0.2, 0) is 9.59 Å². The van der Waals surface area contributed by atoms with E-state index in [4.69, 9.17) is 9.84 Å². The van der Waals surface area contributed by atoms with Crippen LogP contribution in [0.3, 0.4) is 0 Å². The summed E-state index contributed by atoms with van der Waals surface area (Å²) in [5.41, 5.74) is 3.22. The molecule has 2 rings (SSSR count). The first-order chi connectivity index (χ1) is 10.9. The van der Waals surface area contributed by atoms with E-state index in [0.717, 1.165) is 16.9 Å². The van der Waals surface area contributed by atoms with Crippen molar-refractivity contribution in [3.8, 4) is 5.75 Å². The Labute approximate surface area is 137 Å². The number of carbonyl (C=O) groups is 2. The predicted octanol–water partition coefficient (Wildman–Crippen LogP) is 2.75. The third kappa shape index (κ3) is 4.71. The normalized spacial score (nSPS) is 20.8. The molecule has 1 amide bonds. The van der Waals surface area contributed by atoms with Gasteiger partial charge in [0.1, 0.15) is 5.75 Å². The van der Waals surface area contributed by atoms with Crippen LogP contribution in [0.5, 0.6) is 5.75 Å². The van der Waals surface area contributed by atoms with Gasteiger partial charge in [0, 0.05) is 6.04 Å². The van der Waals surface area contributed by atoms with Crippen molar-refractivity contribution in [2.45, 2.75) is 52.5 Å². The van der Waals surface area contributed by atoms with E-state index in [-0.39, 0.29) is 24.5 Å². The third-order valence-electron chi connectivity index (χ3n) is 4.39. The summed E-state index contributed by atoms with van der Waals surface area (Å²) in [4.78, 5) is 23.0. The van der Waals surface area contributed by atoms with Crippen molar-refractivity contribution in [2.75, 3.05) is 6.61 Å². The number of aliphatic carboxylic acids is 1. The molecule has 5 heteroatoms. The van der Waals surface area contributed by atoms with Crippen LogP contribution in [0.4, 0.5) is 0 Å². The summed E-state index contributed by atoms with van der Waals surface area (Å²) in [5, 5.41) is 11.9. The maximum atomic E-state index is 12.0. The molecule has 1 aliphatic rings. The number of aryl methyl sites for hydroxylation is 3. The van der Waals surface area contributed by atoms with Crippen LogP contribution in [0, 0.1) is 26.7 Å². The number of hydrogen-bond donors (Lipinski definition) is 2. The fourth-order valence-electron chi connectivity index (χ4n) is 3.29. The van der Waals surface area contributed by atoms with Crippen LogP contribution in [0.15, 0.2) is 12.1 Å². The maximum Gasteiger partial charge on any atom is 0.306 e. The van der Waals surface area contributed by atoms with Crippen molar-refractivity contribution in [3.05, 3.63) is 28.8 Å². The largest absolute Gasteiger partial charge is 0.483 e. The molecule has 0 radical (unpaired) electrons. The van der Waals surface area contributed by atoms with Gasteiger partial charge in [-0.15, -0.1) is 0 Å². The summed E-state index contributed by atoms with van der Waals surface area (Å²) in [6.45, 7) is 5.97. The number of benzene rings is 1. The Balaban J connectivity index is 1.81. The highest BCUT2D eigenvalue weighted by atomic mass is 16.5. The Morgan fingerprint density at radius 3 is 2.22 bits per heavy atom. The predicted molar refractivity (Wildman–Crippen MR) is 87.7 cm³/mol. The summed E-state index contributed by atoms with van der Waals surface area (Å²) in [5.74, 6) is -0.385. The van der Waals surface area contributed by atoms with Crippen molar-refractivity contribution in [2.24, 2.45) is 5.92 Å². The highest BCUT2D eigenvalue weighted by Gasteiger charge is 2.26. The molecule has 2 N–H and O–H groups in total. The molecule has 1 saturated carbocycles. The molecule has 1 aromatic rings. The van der Waals surface area contributed by atoms with E-state index < -0.39 is 5.97 Å². The van der Waals surface area contributed by atoms with E-state index in [2.05, 4.69) is 5.32 Å². The van der Waals surface area contributed by atoms with Gasteiger partial charge < -0.3 is 15.2 Å². The van der Waals surface area contributed by atoms with Gasteiger partial charge in [-0.05, 0) is 57.6 Å². The molecule has 1 aromatic carbocycles. The molecule has 0 spiro atoms. The minimum absolute atomic E-state index is 0.0103. The van der Waals surface area contributed by atoms with Crippen LogP contribution in [-0.4, -0.2) is 29.6 Å². The van der Waals surface area contributed by atoms with E-state index in [0.29, 0.717) is 25.7 Å². The molecule has 0 unspecified atom stereocenters. The summed E-state index contributed by atoms with van der Waals surface area (Å²) >= 11 is 0. The summed E-state index contributed by atoms with van der Waals surface area (Å²) in [6.07, 6.45) is 2.67. The Kier molecular flexibility index (Phi) is 5.64. The monoisotopic (exact) mass is 319 g/mol. The average Bonchev–Trinajstić information content (AvgIpc) is 2.46. The van der Waals surface area contributed by atoms with Crippen LogP contribution in [0.2, 0.25) is 0 Å². The number of carbonyl (C=O) groups excluding carboxylic acids is 1. The van der Waals surface area contributed by atoms with E-state index in [9.17, 15) is 9.59 Å². The van der Waals surface area contributed by atoms with Gasteiger partial charge in [-0.2, -0.15) is 0 Å². The minimum atomic E-state index is -0.733. The van der Waals surface area contributed by atoms with Gasteiger partial charge in [-0.3, -0.25) is 9.59 Å². The molecule has 0 aromatic heterocycles.